The molecule has 35 heavy (non-hydrogen) atoms. The molecule has 1 aliphatic rings. The minimum atomic E-state index is -4.01. The first-order valence-corrected chi connectivity index (χ1v) is 12.5. The molecule has 0 spiro atoms. The van der Waals surface area contributed by atoms with Gasteiger partial charge in [0.1, 0.15) is 23.7 Å². The van der Waals surface area contributed by atoms with Gasteiger partial charge >= 0.3 is 0 Å². The summed E-state index contributed by atoms with van der Waals surface area (Å²) >= 11 is 0. The van der Waals surface area contributed by atoms with Gasteiger partial charge in [-0.15, -0.1) is 10.2 Å². The number of hydrogen-bond donors (Lipinski definition) is 2. The third-order valence-electron chi connectivity index (χ3n) is 5.93. The van der Waals surface area contributed by atoms with Crippen LogP contribution in [-0.4, -0.2) is 57.5 Å². The minimum absolute atomic E-state index is 0.143. The highest BCUT2D eigenvalue weighted by Gasteiger charge is 2.38. The van der Waals surface area contributed by atoms with Gasteiger partial charge in [0, 0.05) is 31.6 Å². The first kappa shape index (κ1) is 24.5. The molecule has 3 aromatic heterocycles. The van der Waals surface area contributed by atoms with Crippen LogP contribution in [0, 0.1) is 13.8 Å². The summed E-state index contributed by atoms with van der Waals surface area (Å²) in [6.45, 7) is 6.90. The summed E-state index contributed by atoms with van der Waals surface area (Å²) in [5, 5.41) is 9.90. The standard InChI is InChI=1S/C22H27N7O5S/c1-12-10-24-19(25-11-12)14(3)15(4)35(31,32)28-22-27-26-20(17-7-6-13(2)34-17)29(22)18-16(33-5)8-9-23-21(18)30/h6-11,14-16,18H,1-5H3,(H,23,30)(H,27,28)/t14-,15-,16?,18?/m0/s1. The molecule has 0 saturated carbocycles. The Morgan fingerprint density at radius 1 is 1.17 bits per heavy atom. The molecule has 186 valence electrons. The van der Waals surface area contributed by atoms with Gasteiger partial charge in [-0.25, -0.2) is 18.4 Å². The normalized spacial score (nSPS) is 19.9. The predicted molar refractivity (Wildman–Crippen MR) is 127 cm³/mol. The summed E-state index contributed by atoms with van der Waals surface area (Å²) in [7, 11) is -2.56. The first-order valence-electron chi connectivity index (χ1n) is 10.9. The number of anilines is 1. The van der Waals surface area contributed by atoms with Crippen molar-refractivity contribution in [2.75, 3.05) is 11.8 Å². The number of sulfonamides is 1. The Morgan fingerprint density at radius 2 is 1.89 bits per heavy atom. The van der Waals surface area contributed by atoms with E-state index in [1.807, 2.05) is 6.92 Å². The number of ether oxygens (including phenoxy) is 1. The topological polar surface area (TPSA) is 154 Å². The van der Waals surface area contributed by atoms with Crippen LogP contribution in [0.1, 0.15) is 43.0 Å². The largest absolute Gasteiger partial charge is 0.458 e. The predicted octanol–water partition coefficient (Wildman–Crippen LogP) is 2.08. The second-order valence-corrected chi connectivity index (χ2v) is 10.4. The lowest BCUT2D eigenvalue weighted by Gasteiger charge is -2.28. The molecule has 0 radical (unpaired) electrons. The highest BCUT2D eigenvalue weighted by Crippen LogP contribution is 2.32. The van der Waals surface area contributed by atoms with Gasteiger partial charge in [-0.1, -0.05) is 6.92 Å². The molecule has 0 aromatic carbocycles. The van der Waals surface area contributed by atoms with Crippen LogP contribution >= 0.6 is 0 Å². The van der Waals surface area contributed by atoms with Crippen molar-refractivity contribution in [3.8, 4) is 11.6 Å². The molecule has 0 bridgehead atoms. The number of rotatable bonds is 8. The van der Waals surface area contributed by atoms with Gasteiger partial charge in [0.2, 0.25) is 27.7 Å². The summed E-state index contributed by atoms with van der Waals surface area (Å²) in [6.07, 6.45) is 5.71. The molecule has 13 heteroatoms. The van der Waals surface area contributed by atoms with Crippen LogP contribution < -0.4 is 10.0 Å². The lowest BCUT2D eigenvalue weighted by molar-refractivity contribution is -0.127. The van der Waals surface area contributed by atoms with Crippen molar-refractivity contribution in [3.63, 3.8) is 0 Å². The maximum Gasteiger partial charge on any atom is 0.250 e. The number of hydrogen-bond acceptors (Lipinski definition) is 9. The first-order chi connectivity index (χ1) is 16.6. The molecule has 2 unspecified atom stereocenters. The lowest BCUT2D eigenvalue weighted by atomic mass is 10.1. The fraction of sp³-hybridized carbons (Fsp3) is 0.409. The number of aryl methyl sites for hydroxylation is 2. The van der Waals surface area contributed by atoms with Crippen LogP contribution in [0.2, 0.25) is 0 Å². The summed E-state index contributed by atoms with van der Waals surface area (Å²) in [5.41, 5.74) is 0.871. The Hall–Kier alpha value is -3.58. The second kappa shape index (κ2) is 9.58. The molecule has 1 amide bonds. The van der Waals surface area contributed by atoms with E-state index in [1.165, 1.54) is 17.9 Å². The molecule has 4 heterocycles. The van der Waals surface area contributed by atoms with E-state index in [-0.39, 0.29) is 11.8 Å². The van der Waals surface area contributed by atoms with E-state index in [9.17, 15) is 13.2 Å². The molecule has 1 aliphatic heterocycles. The Balaban J connectivity index is 1.74. The Labute approximate surface area is 202 Å². The number of carbonyl (C=O) groups is 1. The van der Waals surface area contributed by atoms with E-state index < -0.39 is 39.2 Å². The van der Waals surface area contributed by atoms with Crippen LogP contribution in [0.4, 0.5) is 5.95 Å². The zero-order valence-corrected chi connectivity index (χ0v) is 20.8. The van der Waals surface area contributed by atoms with E-state index in [0.29, 0.717) is 17.3 Å². The van der Waals surface area contributed by atoms with Gasteiger partial charge in [-0.2, -0.15) is 0 Å². The maximum atomic E-state index is 13.4. The van der Waals surface area contributed by atoms with E-state index in [2.05, 4.69) is 30.2 Å². The fourth-order valence-electron chi connectivity index (χ4n) is 3.72. The molecule has 2 N–H and O–H groups in total. The van der Waals surface area contributed by atoms with E-state index >= 15 is 0 Å². The zero-order valence-electron chi connectivity index (χ0n) is 20.0. The monoisotopic (exact) mass is 501 g/mol. The van der Waals surface area contributed by atoms with Crippen LogP contribution in [-0.2, 0) is 19.6 Å². The average molecular weight is 502 g/mol. The summed E-state index contributed by atoms with van der Waals surface area (Å²) < 4.78 is 41.8. The SMILES string of the molecule is COC1C=CNC(=O)C1n1c(NS(=O)(=O)[C@@H](C)[C@H](C)c2ncc(C)cn2)nnc1-c1ccc(C)o1. The number of nitrogens with zero attached hydrogens (tertiary/aromatic N) is 5. The number of methoxy groups -OCH3 is 1. The van der Waals surface area contributed by atoms with Gasteiger partial charge in [0.25, 0.3) is 0 Å². The lowest BCUT2D eigenvalue weighted by Crippen LogP contribution is -2.42. The molecule has 0 fully saturated rings. The summed E-state index contributed by atoms with van der Waals surface area (Å²) in [5.74, 6) is 0.438. The molecule has 0 saturated heterocycles. The van der Waals surface area contributed by atoms with Crippen molar-refractivity contribution in [1.82, 2.24) is 30.0 Å². The number of nitrogens with one attached hydrogen (secondary N) is 2. The third-order valence-corrected chi connectivity index (χ3v) is 7.79. The smallest absolute Gasteiger partial charge is 0.250 e. The van der Waals surface area contributed by atoms with E-state index in [0.717, 1.165) is 5.56 Å². The molecule has 12 nitrogen and oxygen atoms in total. The quantitative estimate of drug-likeness (QED) is 0.472. The molecule has 4 rings (SSSR count). The van der Waals surface area contributed by atoms with Crippen molar-refractivity contribution in [2.24, 2.45) is 0 Å². The van der Waals surface area contributed by atoms with E-state index in [1.54, 1.807) is 51.4 Å². The molecule has 3 aromatic rings. The van der Waals surface area contributed by atoms with E-state index in [4.69, 9.17) is 9.15 Å². The van der Waals surface area contributed by atoms with Crippen LogP contribution in [0.3, 0.4) is 0 Å². The molecule has 4 atom stereocenters. The average Bonchev–Trinajstić information content (AvgIpc) is 3.43. The van der Waals surface area contributed by atoms with Gasteiger partial charge in [-0.3, -0.25) is 14.1 Å². The zero-order chi connectivity index (χ0) is 25.3. The summed E-state index contributed by atoms with van der Waals surface area (Å²) in [6, 6.07) is 2.41. The van der Waals surface area contributed by atoms with Gasteiger partial charge in [0.15, 0.2) is 5.76 Å². The van der Waals surface area contributed by atoms with Gasteiger partial charge in [0.05, 0.1) is 5.25 Å². The Morgan fingerprint density at radius 3 is 2.51 bits per heavy atom. The van der Waals surface area contributed by atoms with Crippen LogP contribution in [0.5, 0.6) is 0 Å². The minimum Gasteiger partial charge on any atom is -0.458 e. The summed E-state index contributed by atoms with van der Waals surface area (Å²) in [4.78, 5) is 21.4. The van der Waals surface area contributed by atoms with Crippen molar-refractivity contribution in [2.45, 2.75) is 51.0 Å². The maximum absolute atomic E-state index is 13.4. The third kappa shape index (κ3) is 4.82. The number of amides is 1. The Kier molecular flexibility index (Phi) is 6.72. The van der Waals surface area contributed by atoms with Crippen molar-refractivity contribution >= 4 is 21.9 Å². The molecular weight excluding hydrogens is 474 g/mol. The van der Waals surface area contributed by atoms with Gasteiger partial charge < -0.3 is 14.5 Å². The van der Waals surface area contributed by atoms with Crippen molar-refractivity contribution < 1.29 is 22.4 Å². The molecule has 0 aliphatic carbocycles. The van der Waals surface area contributed by atoms with Crippen molar-refractivity contribution in [3.05, 3.63) is 54.0 Å². The Bertz CT molecular complexity index is 1350. The highest BCUT2D eigenvalue weighted by molar-refractivity contribution is 7.93. The second-order valence-electron chi connectivity index (χ2n) is 8.40. The fourth-order valence-corrected chi connectivity index (χ4v) is 4.96. The molecular formula is C22H27N7O5S. The number of aromatic nitrogens is 5. The van der Waals surface area contributed by atoms with Crippen LogP contribution in [0.15, 0.2) is 41.2 Å². The number of carbonyl (C=O) groups excluding carboxylic acids is 1. The van der Waals surface area contributed by atoms with Gasteiger partial charge in [-0.05, 0) is 44.5 Å². The van der Waals surface area contributed by atoms with Crippen LogP contribution in [0.25, 0.3) is 11.6 Å². The number of furan rings is 1. The highest BCUT2D eigenvalue weighted by atomic mass is 32.2. The van der Waals surface area contributed by atoms with Crippen molar-refractivity contribution in [1.29, 1.82) is 0 Å².